The van der Waals surface area contributed by atoms with Gasteiger partial charge in [0.25, 0.3) is 0 Å². The van der Waals surface area contributed by atoms with Gasteiger partial charge in [0.2, 0.25) is 0 Å². The third-order valence-electron chi connectivity index (χ3n) is 4.81. The molecule has 1 aliphatic rings. The Hall–Kier alpha value is -2.50. The Morgan fingerprint density at radius 1 is 1.08 bits per heavy atom. The van der Waals surface area contributed by atoms with Crippen molar-refractivity contribution in [3.05, 3.63) is 87.3 Å². The molecular weight excluding hydrogens is 346 g/mol. The number of aromatic nitrogens is 3. The molecule has 5 heteroatoms. The lowest BCUT2D eigenvalue weighted by atomic mass is 9.71. The van der Waals surface area contributed by atoms with Crippen LogP contribution in [0.4, 0.5) is 0 Å². The molecule has 0 spiro atoms. The SMILES string of the molecule is C1=CC(c2ccccc2)(c2cscn2)Cc2[nH]nc(-c3cccs3)c21. The molecule has 0 amide bonds. The second-order valence-electron chi connectivity index (χ2n) is 6.16. The van der Waals surface area contributed by atoms with Crippen LogP contribution in [0.1, 0.15) is 22.5 Å². The van der Waals surface area contributed by atoms with Gasteiger partial charge in [0.05, 0.1) is 21.5 Å². The Labute approximate surface area is 153 Å². The third kappa shape index (κ3) is 2.31. The molecule has 0 fully saturated rings. The van der Waals surface area contributed by atoms with E-state index in [4.69, 9.17) is 0 Å². The van der Waals surface area contributed by atoms with Gasteiger partial charge in [-0.05, 0) is 17.0 Å². The predicted octanol–water partition coefficient (Wildman–Crippen LogP) is 5.15. The molecule has 5 rings (SSSR count). The summed E-state index contributed by atoms with van der Waals surface area (Å²) in [4.78, 5) is 5.85. The average molecular weight is 361 g/mol. The second kappa shape index (κ2) is 5.79. The number of fused-ring (bicyclic) bond motifs is 1. The summed E-state index contributed by atoms with van der Waals surface area (Å²) in [6.07, 6.45) is 5.35. The van der Waals surface area contributed by atoms with Crippen LogP contribution in [-0.2, 0) is 11.8 Å². The van der Waals surface area contributed by atoms with Crippen LogP contribution in [0.25, 0.3) is 16.6 Å². The summed E-state index contributed by atoms with van der Waals surface area (Å²) in [6.45, 7) is 0. The van der Waals surface area contributed by atoms with Crippen molar-refractivity contribution in [3.8, 4) is 10.6 Å². The maximum absolute atomic E-state index is 4.65. The summed E-state index contributed by atoms with van der Waals surface area (Å²) in [6, 6.07) is 14.8. The van der Waals surface area contributed by atoms with Gasteiger partial charge in [0.15, 0.2) is 0 Å². The highest BCUT2D eigenvalue weighted by Gasteiger charge is 2.38. The normalized spacial score (nSPS) is 19.0. The van der Waals surface area contributed by atoms with E-state index >= 15 is 0 Å². The number of H-pyrrole nitrogens is 1. The maximum atomic E-state index is 4.65. The predicted molar refractivity (Wildman–Crippen MR) is 104 cm³/mol. The molecule has 1 aliphatic carbocycles. The fourth-order valence-electron chi connectivity index (χ4n) is 3.56. The number of hydrogen-bond acceptors (Lipinski definition) is 4. The first-order valence-electron chi connectivity index (χ1n) is 8.11. The Morgan fingerprint density at radius 2 is 2.00 bits per heavy atom. The van der Waals surface area contributed by atoms with E-state index in [2.05, 4.69) is 80.6 Å². The molecule has 122 valence electrons. The van der Waals surface area contributed by atoms with Crippen LogP contribution in [0.2, 0.25) is 0 Å². The molecule has 1 unspecified atom stereocenters. The molecule has 0 saturated carbocycles. The zero-order valence-corrected chi connectivity index (χ0v) is 15.0. The molecule has 1 atom stereocenters. The first-order valence-corrected chi connectivity index (χ1v) is 9.94. The van der Waals surface area contributed by atoms with Crippen molar-refractivity contribution < 1.29 is 0 Å². The lowest BCUT2D eigenvalue weighted by Crippen LogP contribution is -2.30. The highest BCUT2D eigenvalue weighted by Crippen LogP contribution is 2.43. The summed E-state index contributed by atoms with van der Waals surface area (Å²) in [5.41, 5.74) is 7.43. The van der Waals surface area contributed by atoms with E-state index in [1.165, 1.54) is 21.7 Å². The zero-order valence-electron chi connectivity index (χ0n) is 13.3. The minimum atomic E-state index is -0.243. The van der Waals surface area contributed by atoms with Gasteiger partial charge in [-0.2, -0.15) is 5.10 Å². The monoisotopic (exact) mass is 361 g/mol. The molecule has 1 N–H and O–H groups in total. The number of allylic oxidation sites excluding steroid dienone is 1. The van der Waals surface area contributed by atoms with Gasteiger partial charge in [-0.3, -0.25) is 5.10 Å². The second-order valence-corrected chi connectivity index (χ2v) is 7.83. The van der Waals surface area contributed by atoms with Crippen molar-refractivity contribution in [2.45, 2.75) is 11.8 Å². The van der Waals surface area contributed by atoms with Gasteiger partial charge in [0.1, 0.15) is 5.69 Å². The summed E-state index contributed by atoms with van der Waals surface area (Å²) in [5.74, 6) is 0. The van der Waals surface area contributed by atoms with Gasteiger partial charge in [-0.15, -0.1) is 22.7 Å². The number of thiazole rings is 1. The van der Waals surface area contributed by atoms with Gasteiger partial charge in [0, 0.05) is 23.1 Å². The van der Waals surface area contributed by atoms with E-state index in [1.54, 1.807) is 22.7 Å². The van der Waals surface area contributed by atoms with E-state index < -0.39 is 0 Å². The number of benzene rings is 1. The van der Waals surface area contributed by atoms with Crippen LogP contribution in [0, 0.1) is 0 Å². The standard InChI is InChI=1S/C20H15N3S2/c1-2-5-14(6-3-1)20(18-12-24-13-21-18)9-8-15-16(11-20)22-23-19(15)17-7-4-10-25-17/h1-10,12-13H,11H2,(H,22,23). The average Bonchev–Trinajstić information content (AvgIpc) is 3.42. The van der Waals surface area contributed by atoms with Crippen molar-refractivity contribution in [1.29, 1.82) is 0 Å². The molecular formula is C20H15N3S2. The highest BCUT2D eigenvalue weighted by molar-refractivity contribution is 7.13. The summed E-state index contributed by atoms with van der Waals surface area (Å²) in [5, 5.41) is 12.1. The van der Waals surface area contributed by atoms with E-state index in [0.29, 0.717) is 0 Å². The van der Waals surface area contributed by atoms with E-state index in [1.807, 2.05) is 5.51 Å². The number of nitrogens with one attached hydrogen (secondary N) is 1. The Kier molecular flexibility index (Phi) is 3.43. The van der Waals surface area contributed by atoms with Gasteiger partial charge < -0.3 is 0 Å². The van der Waals surface area contributed by atoms with Gasteiger partial charge in [-0.1, -0.05) is 48.6 Å². The number of thiophene rings is 1. The molecule has 0 aliphatic heterocycles. The lowest BCUT2D eigenvalue weighted by Gasteiger charge is -2.32. The first kappa shape index (κ1) is 14.8. The van der Waals surface area contributed by atoms with Crippen LogP contribution in [-0.4, -0.2) is 15.2 Å². The van der Waals surface area contributed by atoms with Crippen molar-refractivity contribution >= 4 is 28.7 Å². The smallest absolute Gasteiger partial charge is 0.109 e. The van der Waals surface area contributed by atoms with E-state index in [0.717, 1.165) is 17.8 Å². The van der Waals surface area contributed by atoms with Crippen LogP contribution >= 0.6 is 22.7 Å². The van der Waals surface area contributed by atoms with Crippen molar-refractivity contribution in [2.75, 3.05) is 0 Å². The molecule has 0 bridgehead atoms. The molecule has 3 nitrogen and oxygen atoms in total. The summed E-state index contributed by atoms with van der Waals surface area (Å²) in [7, 11) is 0. The van der Waals surface area contributed by atoms with Crippen LogP contribution in [0.5, 0.6) is 0 Å². The molecule has 0 radical (unpaired) electrons. The minimum absolute atomic E-state index is 0.243. The molecule has 4 aromatic rings. The lowest BCUT2D eigenvalue weighted by molar-refractivity contribution is 0.605. The number of rotatable bonds is 3. The van der Waals surface area contributed by atoms with Crippen molar-refractivity contribution in [3.63, 3.8) is 0 Å². The number of nitrogens with zero attached hydrogens (tertiary/aromatic N) is 2. The minimum Gasteiger partial charge on any atom is -0.281 e. The van der Waals surface area contributed by atoms with Crippen LogP contribution < -0.4 is 0 Å². The van der Waals surface area contributed by atoms with Crippen LogP contribution in [0.15, 0.2) is 64.8 Å². The summed E-state index contributed by atoms with van der Waals surface area (Å²) >= 11 is 3.36. The summed E-state index contributed by atoms with van der Waals surface area (Å²) < 4.78 is 0. The Bertz CT molecular complexity index is 1010. The Morgan fingerprint density at radius 3 is 2.76 bits per heavy atom. The van der Waals surface area contributed by atoms with Gasteiger partial charge in [-0.25, -0.2) is 4.98 Å². The molecule has 3 aromatic heterocycles. The fraction of sp³-hybridized carbons (Fsp3) is 0.100. The zero-order chi connectivity index (χ0) is 16.7. The van der Waals surface area contributed by atoms with E-state index in [9.17, 15) is 0 Å². The van der Waals surface area contributed by atoms with Crippen LogP contribution in [0.3, 0.4) is 0 Å². The molecule has 25 heavy (non-hydrogen) atoms. The fourth-order valence-corrected chi connectivity index (χ4v) is 4.92. The third-order valence-corrected chi connectivity index (χ3v) is 6.27. The molecule has 1 aromatic carbocycles. The number of aromatic amines is 1. The van der Waals surface area contributed by atoms with Crippen molar-refractivity contribution in [1.82, 2.24) is 15.2 Å². The topological polar surface area (TPSA) is 41.6 Å². The quantitative estimate of drug-likeness (QED) is 0.548. The van der Waals surface area contributed by atoms with Gasteiger partial charge >= 0.3 is 0 Å². The largest absolute Gasteiger partial charge is 0.281 e. The molecule has 0 saturated heterocycles. The van der Waals surface area contributed by atoms with E-state index in [-0.39, 0.29) is 5.41 Å². The molecule has 3 heterocycles. The highest BCUT2D eigenvalue weighted by atomic mass is 32.1. The number of hydrogen-bond donors (Lipinski definition) is 1. The Balaban J connectivity index is 1.66. The van der Waals surface area contributed by atoms with Crippen molar-refractivity contribution in [2.24, 2.45) is 0 Å². The maximum Gasteiger partial charge on any atom is 0.109 e. The first-order chi connectivity index (χ1) is 12.4.